The van der Waals surface area contributed by atoms with Gasteiger partial charge in [0.2, 0.25) is 11.8 Å². The highest BCUT2D eigenvalue weighted by Crippen LogP contribution is 2.32. The van der Waals surface area contributed by atoms with Crippen molar-refractivity contribution in [1.82, 2.24) is 10.2 Å². The van der Waals surface area contributed by atoms with Crippen LogP contribution in [0.15, 0.2) is 71.6 Å². The molecule has 43 heavy (non-hydrogen) atoms. The van der Waals surface area contributed by atoms with Crippen LogP contribution in [0, 0.1) is 6.92 Å². The number of rotatable bonds is 11. The van der Waals surface area contributed by atoms with Crippen molar-refractivity contribution in [2.24, 2.45) is 0 Å². The zero-order valence-corrected chi connectivity index (χ0v) is 26.9. The fourth-order valence-electron chi connectivity index (χ4n) is 5.16. The Morgan fingerprint density at radius 3 is 2.33 bits per heavy atom. The Morgan fingerprint density at radius 2 is 1.70 bits per heavy atom. The molecule has 1 aliphatic carbocycles. The number of aryl methyl sites for hydroxylation is 1. The second kappa shape index (κ2) is 14.5. The highest BCUT2D eigenvalue weighted by atomic mass is 35.5. The Balaban J connectivity index is 1.70. The molecule has 1 aliphatic rings. The third-order valence-corrected chi connectivity index (χ3v) is 9.99. The van der Waals surface area contributed by atoms with Crippen LogP contribution in [0.1, 0.15) is 50.2 Å². The maximum Gasteiger partial charge on any atom is 0.264 e. The second-order valence-corrected chi connectivity index (χ2v) is 13.5. The number of carbonyl (C=O) groups is 2. The van der Waals surface area contributed by atoms with Crippen LogP contribution in [0.4, 0.5) is 5.69 Å². The van der Waals surface area contributed by atoms with Crippen LogP contribution in [0.25, 0.3) is 0 Å². The summed E-state index contributed by atoms with van der Waals surface area (Å²) in [6.07, 6.45) is 5.01. The summed E-state index contributed by atoms with van der Waals surface area (Å²) in [6, 6.07) is 17.1. The van der Waals surface area contributed by atoms with Gasteiger partial charge >= 0.3 is 0 Å². The Hall–Kier alpha value is -3.27. The lowest BCUT2D eigenvalue weighted by atomic mass is 9.95. The molecular formula is C32H37Cl2N3O5S. The van der Waals surface area contributed by atoms with Gasteiger partial charge in [-0.25, -0.2) is 8.42 Å². The van der Waals surface area contributed by atoms with Crippen LogP contribution in [-0.2, 0) is 26.2 Å². The molecule has 0 aliphatic heterocycles. The third-order valence-electron chi connectivity index (χ3n) is 7.67. The quantitative estimate of drug-likeness (QED) is 0.261. The number of amides is 2. The number of benzene rings is 3. The Bertz CT molecular complexity index is 1540. The van der Waals surface area contributed by atoms with Crippen LogP contribution in [-0.4, -0.2) is 50.9 Å². The molecule has 0 saturated heterocycles. The lowest BCUT2D eigenvalue weighted by Gasteiger charge is -2.33. The van der Waals surface area contributed by atoms with Gasteiger partial charge in [0.15, 0.2) is 0 Å². The molecule has 1 saturated carbocycles. The maximum atomic E-state index is 14.1. The van der Waals surface area contributed by atoms with Crippen molar-refractivity contribution in [3.05, 3.63) is 87.9 Å². The predicted octanol–water partition coefficient (Wildman–Crippen LogP) is 6.37. The van der Waals surface area contributed by atoms with Gasteiger partial charge in [-0.1, -0.05) is 72.3 Å². The zero-order chi connectivity index (χ0) is 31.1. The fraction of sp³-hybridized carbons (Fsp3) is 0.375. The summed E-state index contributed by atoms with van der Waals surface area (Å²) in [4.78, 5) is 29.0. The average molecular weight is 647 g/mol. The minimum Gasteiger partial charge on any atom is -0.495 e. The van der Waals surface area contributed by atoms with Crippen molar-refractivity contribution >= 4 is 50.7 Å². The van der Waals surface area contributed by atoms with E-state index >= 15 is 0 Å². The van der Waals surface area contributed by atoms with Crippen LogP contribution in [0.3, 0.4) is 0 Å². The first-order valence-corrected chi connectivity index (χ1v) is 16.5. The zero-order valence-electron chi connectivity index (χ0n) is 24.6. The SMILES string of the molecule is COc1ccc(N(CC(=O)N(Cc2cccc(Cl)c2)[C@@H](C)C(=O)NC2CCCCC2)S(=O)(=O)c2ccc(C)cc2)cc1Cl. The number of methoxy groups -OCH3 is 1. The van der Waals surface area contributed by atoms with Crippen LogP contribution in [0.2, 0.25) is 10.0 Å². The van der Waals surface area contributed by atoms with Crippen molar-refractivity contribution < 1.29 is 22.7 Å². The smallest absolute Gasteiger partial charge is 0.264 e. The molecule has 0 aromatic heterocycles. The van der Waals surface area contributed by atoms with Crippen molar-refractivity contribution in [2.75, 3.05) is 18.0 Å². The van der Waals surface area contributed by atoms with E-state index in [0.29, 0.717) is 16.3 Å². The van der Waals surface area contributed by atoms with Gasteiger partial charge in [0, 0.05) is 17.6 Å². The predicted molar refractivity (Wildman–Crippen MR) is 170 cm³/mol. The summed E-state index contributed by atoms with van der Waals surface area (Å²) in [7, 11) is -2.76. The van der Waals surface area contributed by atoms with Crippen LogP contribution >= 0.6 is 23.2 Å². The molecule has 0 heterocycles. The normalized spacial score (nSPS) is 14.5. The molecule has 4 rings (SSSR count). The number of anilines is 1. The monoisotopic (exact) mass is 645 g/mol. The van der Waals surface area contributed by atoms with E-state index < -0.39 is 28.5 Å². The summed E-state index contributed by atoms with van der Waals surface area (Å²) in [5.74, 6) is -0.489. The fourth-order valence-corrected chi connectivity index (χ4v) is 7.03. The summed E-state index contributed by atoms with van der Waals surface area (Å²) in [5, 5.41) is 3.77. The van der Waals surface area contributed by atoms with Gasteiger partial charge in [0.05, 0.1) is 22.7 Å². The standard InChI is InChI=1S/C32H37Cl2N3O5S/c1-22-12-15-28(16-13-22)43(40,41)37(27-14-17-30(42-3)29(34)19-27)21-31(38)36(20-24-8-7-9-25(33)18-24)23(2)32(39)35-26-10-5-4-6-11-26/h7-9,12-19,23,26H,4-6,10-11,20-21H2,1-3H3,(H,35,39)/t23-/m0/s1. The number of ether oxygens (including phenoxy) is 1. The van der Waals surface area contributed by atoms with Gasteiger partial charge in [0.25, 0.3) is 10.0 Å². The molecule has 0 spiro atoms. The van der Waals surface area contributed by atoms with Gasteiger partial charge in [-0.3, -0.25) is 13.9 Å². The topological polar surface area (TPSA) is 96.0 Å². The summed E-state index contributed by atoms with van der Waals surface area (Å²) < 4.78 is 34.3. The van der Waals surface area contributed by atoms with Crippen LogP contribution in [0.5, 0.6) is 5.75 Å². The van der Waals surface area contributed by atoms with Crippen molar-refractivity contribution in [2.45, 2.75) is 69.5 Å². The van der Waals surface area contributed by atoms with E-state index in [1.54, 1.807) is 43.3 Å². The van der Waals surface area contributed by atoms with Gasteiger partial charge in [0.1, 0.15) is 18.3 Å². The molecule has 8 nitrogen and oxygen atoms in total. The van der Waals surface area contributed by atoms with Gasteiger partial charge in [-0.2, -0.15) is 0 Å². The lowest BCUT2D eigenvalue weighted by Crippen LogP contribution is -2.53. The molecule has 1 atom stereocenters. The lowest BCUT2D eigenvalue weighted by molar-refractivity contribution is -0.139. The first-order valence-electron chi connectivity index (χ1n) is 14.3. The van der Waals surface area contributed by atoms with E-state index in [-0.39, 0.29) is 34.1 Å². The Morgan fingerprint density at radius 1 is 1.00 bits per heavy atom. The largest absolute Gasteiger partial charge is 0.495 e. The molecule has 0 radical (unpaired) electrons. The molecular weight excluding hydrogens is 609 g/mol. The second-order valence-electron chi connectivity index (χ2n) is 10.8. The average Bonchev–Trinajstić information content (AvgIpc) is 2.99. The van der Waals surface area contributed by atoms with Crippen molar-refractivity contribution in [3.63, 3.8) is 0 Å². The molecule has 1 N–H and O–H groups in total. The molecule has 3 aromatic rings. The molecule has 2 amide bonds. The van der Waals surface area contributed by atoms with E-state index in [0.717, 1.165) is 42.0 Å². The molecule has 1 fully saturated rings. The first-order chi connectivity index (χ1) is 20.5. The van der Waals surface area contributed by atoms with Crippen LogP contribution < -0.4 is 14.4 Å². The van der Waals surface area contributed by atoms with E-state index in [4.69, 9.17) is 27.9 Å². The number of sulfonamides is 1. The number of hydrogen-bond donors (Lipinski definition) is 1. The minimum atomic E-state index is -4.22. The van der Waals surface area contributed by atoms with Crippen molar-refractivity contribution in [3.8, 4) is 5.75 Å². The minimum absolute atomic E-state index is 0.0160. The van der Waals surface area contributed by atoms with E-state index in [2.05, 4.69) is 5.32 Å². The van der Waals surface area contributed by atoms with Gasteiger partial charge in [-0.15, -0.1) is 0 Å². The summed E-state index contributed by atoms with van der Waals surface area (Å²) in [5.41, 5.74) is 1.78. The molecule has 0 bridgehead atoms. The highest BCUT2D eigenvalue weighted by molar-refractivity contribution is 7.92. The summed E-state index contributed by atoms with van der Waals surface area (Å²) >= 11 is 12.6. The Labute approximate surface area is 264 Å². The number of carbonyl (C=O) groups excluding carboxylic acids is 2. The van der Waals surface area contributed by atoms with Gasteiger partial charge < -0.3 is 15.0 Å². The molecule has 0 unspecified atom stereocenters. The molecule has 11 heteroatoms. The number of nitrogens with one attached hydrogen (secondary N) is 1. The molecule has 230 valence electrons. The van der Waals surface area contributed by atoms with E-state index in [1.165, 1.54) is 36.3 Å². The maximum absolute atomic E-state index is 14.1. The first kappa shape index (κ1) is 32.6. The van der Waals surface area contributed by atoms with Crippen molar-refractivity contribution in [1.29, 1.82) is 0 Å². The number of nitrogens with zero attached hydrogens (tertiary/aromatic N) is 2. The van der Waals surface area contributed by atoms with E-state index in [1.807, 2.05) is 13.0 Å². The van der Waals surface area contributed by atoms with Gasteiger partial charge in [-0.05, 0) is 74.7 Å². The highest BCUT2D eigenvalue weighted by Gasteiger charge is 2.33. The Kier molecular flexibility index (Phi) is 11.0. The number of halogens is 2. The summed E-state index contributed by atoms with van der Waals surface area (Å²) in [6.45, 7) is 3.00. The third kappa shape index (κ3) is 8.22. The number of hydrogen-bond acceptors (Lipinski definition) is 5. The molecule has 3 aromatic carbocycles. The van der Waals surface area contributed by atoms with E-state index in [9.17, 15) is 18.0 Å².